The predicted molar refractivity (Wildman–Crippen MR) is 82.8 cm³/mol. The van der Waals surface area contributed by atoms with Crippen LogP contribution in [0.2, 0.25) is 0 Å². The summed E-state index contributed by atoms with van der Waals surface area (Å²) in [6.07, 6.45) is 4.42. The summed E-state index contributed by atoms with van der Waals surface area (Å²) in [5.41, 5.74) is 2.36. The number of carbonyl (C=O) groups is 1. The Balaban J connectivity index is 1.75. The minimum atomic E-state index is 0.141. The summed E-state index contributed by atoms with van der Waals surface area (Å²) < 4.78 is 1.93. The molecule has 1 heterocycles. The van der Waals surface area contributed by atoms with Crippen molar-refractivity contribution < 1.29 is 4.79 Å². The van der Waals surface area contributed by atoms with Gasteiger partial charge in [-0.15, -0.1) is 0 Å². The molecular weight excluding hydrogens is 264 g/mol. The molecule has 1 aromatic carbocycles. The average Bonchev–Trinajstić information content (AvgIpc) is 2.92. The van der Waals surface area contributed by atoms with Crippen LogP contribution in [-0.4, -0.2) is 41.2 Å². The molecular formula is C16H22N4O. The highest BCUT2D eigenvalue weighted by atomic mass is 16.2. The van der Waals surface area contributed by atoms with E-state index in [1.165, 1.54) is 5.56 Å². The maximum atomic E-state index is 11.4. The Kier molecular flexibility index (Phi) is 5.51. The Morgan fingerprint density at radius 1 is 1.24 bits per heavy atom. The van der Waals surface area contributed by atoms with Crippen LogP contribution >= 0.6 is 0 Å². The molecule has 0 aliphatic heterocycles. The molecule has 0 bridgehead atoms. The van der Waals surface area contributed by atoms with E-state index in [0.717, 1.165) is 18.7 Å². The maximum Gasteiger partial charge on any atom is 0.223 e. The van der Waals surface area contributed by atoms with Crippen LogP contribution < -0.4 is 5.32 Å². The van der Waals surface area contributed by atoms with Gasteiger partial charge in [-0.1, -0.05) is 30.3 Å². The van der Waals surface area contributed by atoms with E-state index in [1.54, 1.807) is 19.0 Å². The van der Waals surface area contributed by atoms with Crippen LogP contribution in [0.1, 0.15) is 17.5 Å². The average molecular weight is 286 g/mol. The van der Waals surface area contributed by atoms with E-state index in [9.17, 15) is 4.79 Å². The fraction of sp³-hybridized carbons (Fsp3) is 0.375. The van der Waals surface area contributed by atoms with Crippen LogP contribution in [0.5, 0.6) is 0 Å². The van der Waals surface area contributed by atoms with Gasteiger partial charge >= 0.3 is 0 Å². The molecule has 0 unspecified atom stereocenters. The number of nitrogens with one attached hydrogen (secondary N) is 1. The predicted octanol–water partition coefficient (Wildman–Crippen LogP) is 1.50. The van der Waals surface area contributed by atoms with Crippen LogP contribution in [0.15, 0.2) is 42.7 Å². The third kappa shape index (κ3) is 5.04. The van der Waals surface area contributed by atoms with E-state index in [4.69, 9.17) is 0 Å². The first kappa shape index (κ1) is 15.3. The Hall–Kier alpha value is -2.14. The summed E-state index contributed by atoms with van der Waals surface area (Å²) in [6, 6.07) is 10.3. The van der Waals surface area contributed by atoms with Gasteiger partial charge < -0.3 is 10.2 Å². The highest BCUT2D eigenvalue weighted by Gasteiger charge is 2.03. The van der Waals surface area contributed by atoms with E-state index in [0.29, 0.717) is 13.0 Å². The third-order valence-corrected chi connectivity index (χ3v) is 3.22. The molecule has 5 nitrogen and oxygen atoms in total. The summed E-state index contributed by atoms with van der Waals surface area (Å²) >= 11 is 0. The summed E-state index contributed by atoms with van der Waals surface area (Å²) in [5, 5.41) is 7.62. The highest BCUT2D eigenvalue weighted by molar-refractivity contribution is 5.75. The van der Waals surface area contributed by atoms with E-state index >= 15 is 0 Å². The Bertz CT molecular complexity index is 563. The second-order valence-corrected chi connectivity index (χ2v) is 5.25. The van der Waals surface area contributed by atoms with Crippen molar-refractivity contribution in [1.82, 2.24) is 20.0 Å². The normalized spacial score (nSPS) is 10.6. The van der Waals surface area contributed by atoms with Gasteiger partial charge in [0.1, 0.15) is 0 Å². The zero-order valence-electron chi connectivity index (χ0n) is 12.6. The molecule has 2 rings (SSSR count). The number of carbonyl (C=O) groups excluding carboxylic acids is 1. The SMILES string of the molecule is CN(C)C(=O)CCNCc1cnn(Cc2ccccc2)c1. The minimum Gasteiger partial charge on any atom is -0.349 e. The smallest absolute Gasteiger partial charge is 0.223 e. The van der Waals surface area contributed by atoms with Gasteiger partial charge in [0.15, 0.2) is 0 Å². The Morgan fingerprint density at radius 3 is 2.71 bits per heavy atom. The van der Waals surface area contributed by atoms with E-state index in [2.05, 4.69) is 22.5 Å². The fourth-order valence-electron chi connectivity index (χ4n) is 2.01. The molecule has 0 aliphatic rings. The van der Waals surface area contributed by atoms with Crippen LogP contribution in [0.4, 0.5) is 0 Å². The lowest BCUT2D eigenvalue weighted by Crippen LogP contribution is -2.26. The number of rotatable bonds is 7. The van der Waals surface area contributed by atoms with Gasteiger partial charge in [-0.2, -0.15) is 5.10 Å². The zero-order chi connectivity index (χ0) is 15.1. The van der Waals surface area contributed by atoms with E-state index < -0.39 is 0 Å². The summed E-state index contributed by atoms with van der Waals surface area (Å²) in [7, 11) is 3.55. The largest absolute Gasteiger partial charge is 0.349 e. The van der Waals surface area contributed by atoms with Crippen molar-refractivity contribution in [2.75, 3.05) is 20.6 Å². The van der Waals surface area contributed by atoms with Gasteiger partial charge in [0.05, 0.1) is 12.7 Å². The molecule has 2 aromatic rings. The first-order valence-corrected chi connectivity index (χ1v) is 7.11. The summed E-state index contributed by atoms with van der Waals surface area (Å²) in [4.78, 5) is 13.0. The number of hydrogen-bond acceptors (Lipinski definition) is 3. The molecule has 0 radical (unpaired) electrons. The molecule has 1 aromatic heterocycles. The number of amides is 1. The van der Waals surface area contributed by atoms with Crippen molar-refractivity contribution in [1.29, 1.82) is 0 Å². The van der Waals surface area contributed by atoms with Crippen molar-refractivity contribution in [3.8, 4) is 0 Å². The van der Waals surface area contributed by atoms with Crippen LogP contribution in [0.3, 0.4) is 0 Å². The van der Waals surface area contributed by atoms with E-state index in [1.807, 2.05) is 35.3 Å². The number of hydrogen-bond donors (Lipinski definition) is 1. The molecule has 0 saturated heterocycles. The zero-order valence-corrected chi connectivity index (χ0v) is 12.6. The van der Waals surface area contributed by atoms with Crippen LogP contribution in [-0.2, 0) is 17.9 Å². The lowest BCUT2D eigenvalue weighted by Gasteiger charge is -2.09. The Morgan fingerprint density at radius 2 is 2.00 bits per heavy atom. The van der Waals surface area contributed by atoms with Crippen molar-refractivity contribution in [2.24, 2.45) is 0 Å². The lowest BCUT2D eigenvalue weighted by atomic mass is 10.2. The third-order valence-electron chi connectivity index (χ3n) is 3.22. The monoisotopic (exact) mass is 286 g/mol. The van der Waals surface area contributed by atoms with Crippen molar-refractivity contribution in [3.05, 3.63) is 53.9 Å². The fourth-order valence-corrected chi connectivity index (χ4v) is 2.01. The van der Waals surface area contributed by atoms with Crippen LogP contribution in [0.25, 0.3) is 0 Å². The first-order valence-electron chi connectivity index (χ1n) is 7.11. The van der Waals surface area contributed by atoms with Gasteiger partial charge in [0, 0.05) is 45.4 Å². The molecule has 5 heteroatoms. The Labute approximate surface area is 125 Å². The molecule has 1 amide bonds. The summed E-state index contributed by atoms with van der Waals surface area (Å²) in [5.74, 6) is 0.141. The maximum absolute atomic E-state index is 11.4. The number of nitrogens with zero attached hydrogens (tertiary/aromatic N) is 3. The minimum absolute atomic E-state index is 0.141. The van der Waals surface area contributed by atoms with Crippen molar-refractivity contribution in [3.63, 3.8) is 0 Å². The molecule has 21 heavy (non-hydrogen) atoms. The molecule has 0 aliphatic carbocycles. The standard InChI is InChI=1S/C16H22N4O/c1-19(2)16(21)8-9-17-10-15-11-18-20(13-15)12-14-6-4-3-5-7-14/h3-7,11,13,17H,8-10,12H2,1-2H3. The van der Waals surface area contributed by atoms with Crippen LogP contribution in [0, 0.1) is 0 Å². The highest BCUT2D eigenvalue weighted by Crippen LogP contribution is 2.03. The van der Waals surface area contributed by atoms with Gasteiger partial charge in [-0.3, -0.25) is 9.48 Å². The quantitative estimate of drug-likeness (QED) is 0.785. The topological polar surface area (TPSA) is 50.2 Å². The second-order valence-electron chi connectivity index (χ2n) is 5.25. The summed E-state index contributed by atoms with van der Waals surface area (Å²) in [6.45, 7) is 2.19. The molecule has 0 spiro atoms. The molecule has 1 N–H and O–H groups in total. The molecule has 0 saturated carbocycles. The molecule has 112 valence electrons. The number of benzene rings is 1. The second kappa shape index (κ2) is 7.59. The van der Waals surface area contributed by atoms with Gasteiger partial charge in [-0.05, 0) is 5.56 Å². The number of aromatic nitrogens is 2. The lowest BCUT2D eigenvalue weighted by molar-refractivity contribution is -0.128. The molecule has 0 fully saturated rings. The van der Waals surface area contributed by atoms with Gasteiger partial charge in [-0.25, -0.2) is 0 Å². The van der Waals surface area contributed by atoms with Gasteiger partial charge in [0.25, 0.3) is 0 Å². The van der Waals surface area contributed by atoms with Gasteiger partial charge in [0.2, 0.25) is 5.91 Å². The first-order chi connectivity index (χ1) is 10.1. The van der Waals surface area contributed by atoms with Crippen molar-refractivity contribution >= 4 is 5.91 Å². The van der Waals surface area contributed by atoms with Crippen molar-refractivity contribution in [2.45, 2.75) is 19.5 Å². The van der Waals surface area contributed by atoms with E-state index in [-0.39, 0.29) is 5.91 Å². The molecule has 0 atom stereocenters.